The van der Waals surface area contributed by atoms with E-state index in [1.54, 1.807) is 6.08 Å². The molecule has 136 valence electrons. The number of nitrogens with one attached hydrogen (secondary N) is 1. The number of aromatic nitrogens is 1. The SMILES string of the molecule is Cc1cc(/C=C(/C#N)C(=O)NCC2CCCC2O)c(C)n1CC(C)C. The second kappa shape index (κ2) is 8.35. The lowest BCUT2D eigenvalue weighted by Gasteiger charge is -2.14. The van der Waals surface area contributed by atoms with Gasteiger partial charge < -0.3 is 15.0 Å². The van der Waals surface area contributed by atoms with Crippen LogP contribution in [0, 0.1) is 37.0 Å². The molecule has 2 N–H and O–H groups in total. The van der Waals surface area contributed by atoms with E-state index in [1.807, 2.05) is 26.0 Å². The van der Waals surface area contributed by atoms with Crippen molar-refractivity contribution < 1.29 is 9.90 Å². The Balaban J connectivity index is 2.11. The summed E-state index contributed by atoms with van der Waals surface area (Å²) in [6, 6.07) is 4.03. The lowest BCUT2D eigenvalue weighted by Crippen LogP contribution is -2.33. The first kappa shape index (κ1) is 19.3. The van der Waals surface area contributed by atoms with E-state index in [-0.39, 0.29) is 23.5 Å². The van der Waals surface area contributed by atoms with Crippen molar-refractivity contribution in [1.82, 2.24) is 9.88 Å². The maximum absolute atomic E-state index is 12.3. The van der Waals surface area contributed by atoms with Gasteiger partial charge in [-0.2, -0.15) is 5.26 Å². The number of nitrogens with zero attached hydrogens (tertiary/aromatic N) is 2. The van der Waals surface area contributed by atoms with Crippen molar-refractivity contribution in [3.63, 3.8) is 0 Å². The first-order chi connectivity index (χ1) is 11.8. The van der Waals surface area contributed by atoms with Gasteiger partial charge >= 0.3 is 0 Å². The number of aliphatic hydroxyl groups is 1. The van der Waals surface area contributed by atoms with E-state index < -0.39 is 0 Å². The molecule has 5 heteroatoms. The van der Waals surface area contributed by atoms with Gasteiger partial charge in [0.1, 0.15) is 11.6 Å². The summed E-state index contributed by atoms with van der Waals surface area (Å²) in [6.45, 7) is 9.73. The summed E-state index contributed by atoms with van der Waals surface area (Å²) in [5.74, 6) is 0.258. The molecule has 0 bridgehead atoms. The van der Waals surface area contributed by atoms with Crippen LogP contribution in [0.25, 0.3) is 6.08 Å². The lowest BCUT2D eigenvalue weighted by atomic mass is 10.1. The van der Waals surface area contributed by atoms with Gasteiger partial charge in [0.15, 0.2) is 0 Å². The van der Waals surface area contributed by atoms with Crippen LogP contribution < -0.4 is 5.32 Å². The third-order valence-corrected chi connectivity index (χ3v) is 4.97. The zero-order chi connectivity index (χ0) is 18.6. The second-order valence-electron chi connectivity index (χ2n) is 7.47. The quantitative estimate of drug-likeness (QED) is 0.616. The highest BCUT2D eigenvalue weighted by Gasteiger charge is 2.25. The van der Waals surface area contributed by atoms with Crippen LogP contribution in [-0.4, -0.2) is 28.2 Å². The maximum Gasteiger partial charge on any atom is 0.261 e. The fraction of sp³-hybridized carbons (Fsp3) is 0.600. The Bertz CT molecular complexity index is 695. The zero-order valence-electron chi connectivity index (χ0n) is 15.7. The van der Waals surface area contributed by atoms with Crippen molar-refractivity contribution in [3.05, 3.63) is 28.6 Å². The van der Waals surface area contributed by atoms with Gasteiger partial charge in [-0.25, -0.2) is 0 Å². The van der Waals surface area contributed by atoms with E-state index in [4.69, 9.17) is 0 Å². The largest absolute Gasteiger partial charge is 0.393 e. The summed E-state index contributed by atoms with van der Waals surface area (Å²) in [7, 11) is 0. The summed E-state index contributed by atoms with van der Waals surface area (Å²) in [5, 5.41) is 22.0. The zero-order valence-corrected chi connectivity index (χ0v) is 15.7. The van der Waals surface area contributed by atoms with Crippen molar-refractivity contribution in [2.24, 2.45) is 11.8 Å². The number of carbonyl (C=O) groups excluding carboxylic acids is 1. The Labute approximate surface area is 150 Å². The molecule has 1 saturated carbocycles. The summed E-state index contributed by atoms with van der Waals surface area (Å²) in [4.78, 5) is 12.3. The van der Waals surface area contributed by atoms with Gasteiger partial charge in [-0.3, -0.25) is 4.79 Å². The third-order valence-electron chi connectivity index (χ3n) is 4.97. The van der Waals surface area contributed by atoms with Crippen molar-refractivity contribution in [1.29, 1.82) is 5.26 Å². The van der Waals surface area contributed by atoms with Crippen molar-refractivity contribution in [2.75, 3.05) is 6.54 Å². The van der Waals surface area contributed by atoms with Gasteiger partial charge in [-0.05, 0) is 50.3 Å². The molecule has 2 atom stereocenters. The van der Waals surface area contributed by atoms with Crippen molar-refractivity contribution in [2.45, 2.75) is 59.6 Å². The van der Waals surface area contributed by atoms with E-state index in [2.05, 4.69) is 23.7 Å². The summed E-state index contributed by atoms with van der Waals surface area (Å²) >= 11 is 0. The highest BCUT2D eigenvalue weighted by atomic mass is 16.3. The van der Waals surface area contributed by atoms with E-state index in [9.17, 15) is 15.2 Å². The molecule has 0 aliphatic heterocycles. The second-order valence-corrected chi connectivity index (χ2v) is 7.47. The molecule has 1 fully saturated rings. The van der Waals surface area contributed by atoms with Crippen molar-refractivity contribution >= 4 is 12.0 Å². The number of nitriles is 1. The molecule has 1 aliphatic carbocycles. The molecule has 0 radical (unpaired) electrons. The predicted octanol–water partition coefficient (Wildman–Crippen LogP) is 2.95. The average molecular weight is 343 g/mol. The number of aliphatic hydroxyl groups excluding tert-OH is 1. The molecular weight excluding hydrogens is 314 g/mol. The molecule has 1 aromatic heterocycles. The molecular formula is C20H29N3O2. The van der Waals surface area contributed by atoms with Gasteiger partial charge in [0.2, 0.25) is 0 Å². The van der Waals surface area contributed by atoms with Crippen LogP contribution in [0.3, 0.4) is 0 Å². The minimum atomic E-state index is -0.365. The topological polar surface area (TPSA) is 78.1 Å². The van der Waals surface area contributed by atoms with Gasteiger partial charge in [-0.15, -0.1) is 0 Å². The molecule has 1 heterocycles. The molecule has 1 amide bonds. The van der Waals surface area contributed by atoms with E-state index in [0.717, 1.165) is 42.8 Å². The van der Waals surface area contributed by atoms with Crippen LogP contribution in [0.5, 0.6) is 0 Å². The Morgan fingerprint density at radius 1 is 1.48 bits per heavy atom. The smallest absolute Gasteiger partial charge is 0.261 e. The number of hydrogen-bond acceptors (Lipinski definition) is 3. The fourth-order valence-corrected chi connectivity index (χ4v) is 3.50. The normalized spacial score (nSPS) is 20.8. The molecule has 0 saturated heterocycles. The monoisotopic (exact) mass is 343 g/mol. The third kappa shape index (κ3) is 4.73. The van der Waals surface area contributed by atoms with Gasteiger partial charge in [0, 0.05) is 30.4 Å². The van der Waals surface area contributed by atoms with Crippen LogP contribution in [0.1, 0.15) is 50.1 Å². The molecule has 1 aromatic rings. The Morgan fingerprint density at radius 2 is 2.20 bits per heavy atom. The van der Waals surface area contributed by atoms with Crippen LogP contribution in [-0.2, 0) is 11.3 Å². The predicted molar refractivity (Wildman–Crippen MR) is 98.7 cm³/mol. The van der Waals surface area contributed by atoms with Crippen molar-refractivity contribution in [3.8, 4) is 6.07 Å². The highest BCUT2D eigenvalue weighted by molar-refractivity contribution is 6.01. The van der Waals surface area contributed by atoms with Crippen LogP contribution in [0.4, 0.5) is 0 Å². The van der Waals surface area contributed by atoms with Crippen LogP contribution >= 0.6 is 0 Å². The minimum Gasteiger partial charge on any atom is -0.393 e. The number of aryl methyl sites for hydroxylation is 1. The summed E-state index contributed by atoms with van der Waals surface area (Å²) in [5.41, 5.74) is 3.21. The molecule has 1 aliphatic rings. The maximum atomic E-state index is 12.3. The number of rotatable bonds is 6. The fourth-order valence-electron chi connectivity index (χ4n) is 3.50. The lowest BCUT2D eigenvalue weighted by molar-refractivity contribution is -0.117. The molecule has 25 heavy (non-hydrogen) atoms. The van der Waals surface area contributed by atoms with E-state index in [1.165, 1.54) is 0 Å². The minimum absolute atomic E-state index is 0.0972. The number of carbonyl (C=O) groups is 1. The Hall–Kier alpha value is -2.06. The molecule has 0 spiro atoms. The Morgan fingerprint density at radius 3 is 2.76 bits per heavy atom. The molecule has 0 aromatic carbocycles. The van der Waals surface area contributed by atoms with E-state index in [0.29, 0.717) is 12.5 Å². The molecule has 5 nitrogen and oxygen atoms in total. The van der Waals surface area contributed by atoms with Crippen LogP contribution in [0.15, 0.2) is 11.6 Å². The molecule has 2 rings (SSSR count). The number of amides is 1. The average Bonchev–Trinajstić information content (AvgIpc) is 3.08. The Kier molecular flexibility index (Phi) is 6.44. The first-order valence-corrected chi connectivity index (χ1v) is 9.08. The van der Waals surface area contributed by atoms with Gasteiger partial charge in [-0.1, -0.05) is 20.3 Å². The summed E-state index contributed by atoms with van der Waals surface area (Å²) in [6.07, 6.45) is 4.03. The first-order valence-electron chi connectivity index (χ1n) is 9.08. The van der Waals surface area contributed by atoms with E-state index >= 15 is 0 Å². The molecule has 2 unspecified atom stereocenters. The number of hydrogen-bond donors (Lipinski definition) is 2. The summed E-state index contributed by atoms with van der Waals surface area (Å²) < 4.78 is 2.22. The highest BCUT2D eigenvalue weighted by Crippen LogP contribution is 2.25. The van der Waals surface area contributed by atoms with Crippen LogP contribution in [0.2, 0.25) is 0 Å². The van der Waals surface area contributed by atoms with Gasteiger partial charge in [0.25, 0.3) is 5.91 Å². The van der Waals surface area contributed by atoms with Gasteiger partial charge in [0.05, 0.1) is 6.10 Å². The standard InChI is InChI=1S/C20H29N3O2/c1-13(2)12-23-14(3)8-17(15(23)4)9-18(10-21)20(25)22-11-16-6-5-7-19(16)24/h8-9,13,16,19,24H,5-7,11-12H2,1-4H3,(H,22,25)/b18-9-.